The highest BCUT2D eigenvalue weighted by Gasteiger charge is 2.44. The van der Waals surface area contributed by atoms with Crippen LogP contribution in [0, 0.1) is 5.41 Å². The largest absolute Gasteiger partial charge is 0.481 e. The molecule has 1 aliphatic rings. The molecule has 5 heteroatoms. The Bertz CT molecular complexity index is 481. The van der Waals surface area contributed by atoms with E-state index in [-0.39, 0.29) is 12.5 Å². The van der Waals surface area contributed by atoms with Gasteiger partial charge in [0.2, 0.25) is 0 Å². The smallest absolute Gasteiger partial charge is 0.311 e. The molecule has 1 aromatic rings. The van der Waals surface area contributed by atoms with Crippen LogP contribution in [0.15, 0.2) is 24.3 Å². The van der Waals surface area contributed by atoms with Gasteiger partial charge in [-0.2, -0.15) is 0 Å². The van der Waals surface area contributed by atoms with E-state index in [1.165, 1.54) is 0 Å². The van der Waals surface area contributed by atoms with Crippen LogP contribution in [0.5, 0.6) is 0 Å². The number of carbonyl (C=O) groups excluding carboxylic acids is 1. The second kappa shape index (κ2) is 4.68. The van der Waals surface area contributed by atoms with Crippen molar-refractivity contribution in [3.05, 3.63) is 29.8 Å². The van der Waals surface area contributed by atoms with Crippen molar-refractivity contribution in [2.45, 2.75) is 19.3 Å². The van der Waals surface area contributed by atoms with E-state index in [1.54, 1.807) is 24.3 Å². The van der Waals surface area contributed by atoms with E-state index in [0.29, 0.717) is 24.1 Å². The lowest BCUT2D eigenvalue weighted by Crippen LogP contribution is -2.47. The second-order valence-electron chi connectivity index (χ2n) is 4.75. The van der Waals surface area contributed by atoms with Crippen molar-refractivity contribution in [2.75, 3.05) is 12.3 Å². The summed E-state index contributed by atoms with van der Waals surface area (Å²) in [5.41, 5.74) is 5.79. The van der Waals surface area contributed by atoms with Crippen LogP contribution in [0.3, 0.4) is 0 Å². The standard InChI is InChI=1S/C13H16N2O3/c14-10-4-1-3-9(7-10)11(16)15-8-13(12(17)18)5-2-6-13/h1,3-4,7H,2,5-6,8,14H2,(H,15,16)(H,17,18). The van der Waals surface area contributed by atoms with E-state index < -0.39 is 11.4 Å². The molecule has 2 rings (SSSR count). The van der Waals surface area contributed by atoms with Crippen molar-refractivity contribution in [2.24, 2.45) is 5.41 Å². The summed E-state index contributed by atoms with van der Waals surface area (Å²) in [5, 5.41) is 11.8. The number of aliphatic carboxylic acids is 1. The third kappa shape index (κ3) is 2.30. The summed E-state index contributed by atoms with van der Waals surface area (Å²) in [7, 11) is 0. The van der Waals surface area contributed by atoms with Gasteiger partial charge in [0, 0.05) is 17.8 Å². The zero-order valence-electron chi connectivity index (χ0n) is 9.98. The quantitative estimate of drug-likeness (QED) is 0.699. The number of hydrogen-bond donors (Lipinski definition) is 3. The van der Waals surface area contributed by atoms with Crippen LogP contribution >= 0.6 is 0 Å². The van der Waals surface area contributed by atoms with Gasteiger partial charge in [-0.15, -0.1) is 0 Å². The topological polar surface area (TPSA) is 92.4 Å². The van der Waals surface area contributed by atoms with E-state index in [0.717, 1.165) is 6.42 Å². The van der Waals surface area contributed by atoms with Gasteiger partial charge in [-0.05, 0) is 31.0 Å². The molecule has 0 aliphatic heterocycles. The average Bonchev–Trinajstić information content (AvgIpc) is 2.26. The highest BCUT2D eigenvalue weighted by Crippen LogP contribution is 2.40. The SMILES string of the molecule is Nc1cccc(C(=O)NCC2(C(=O)O)CCC2)c1. The second-order valence-corrected chi connectivity index (χ2v) is 4.75. The molecule has 1 saturated carbocycles. The van der Waals surface area contributed by atoms with E-state index in [2.05, 4.69) is 5.32 Å². The van der Waals surface area contributed by atoms with E-state index in [9.17, 15) is 9.59 Å². The number of rotatable bonds is 4. The minimum Gasteiger partial charge on any atom is -0.481 e. The van der Waals surface area contributed by atoms with E-state index in [1.807, 2.05) is 0 Å². The Morgan fingerprint density at radius 2 is 2.11 bits per heavy atom. The maximum atomic E-state index is 11.8. The number of nitrogens with one attached hydrogen (secondary N) is 1. The fraction of sp³-hybridized carbons (Fsp3) is 0.385. The summed E-state index contributed by atoms with van der Waals surface area (Å²) < 4.78 is 0. The molecule has 1 aromatic carbocycles. The molecule has 0 unspecified atom stereocenters. The Labute approximate surface area is 105 Å². The van der Waals surface area contributed by atoms with E-state index >= 15 is 0 Å². The van der Waals surface area contributed by atoms with Crippen molar-refractivity contribution < 1.29 is 14.7 Å². The fourth-order valence-corrected chi connectivity index (χ4v) is 2.10. The number of nitrogens with two attached hydrogens (primary N) is 1. The maximum Gasteiger partial charge on any atom is 0.311 e. The van der Waals surface area contributed by atoms with Crippen molar-refractivity contribution >= 4 is 17.6 Å². The van der Waals surface area contributed by atoms with Gasteiger partial charge in [0.25, 0.3) is 5.91 Å². The molecule has 96 valence electrons. The predicted molar refractivity (Wildman–Crippen MR) is 67.1 cm³/mol. The molecule has 1 aliphatic carbocycles. The summed E-state index contributed by atoms with van der Waals surface area (Å²) in [6, 6.07) is 6.62. The first-order valence-corrected chi connectivity index (χ1v) is 5.91. The number of nitrogen functional groups attached to an aromatic ring is 1. The molecule has 5 nitrogen and oxygen atoms in total. The normalized spacial score (nSPS) is 16.7. The summed E-state index contributed by atoms with van der Waals surface area (Å²) in [4.78, 5) is 23.0. The van der Waals surface area contributed by atoms with Gasteiger partial charge >= 0.3 is 5.97 Å². The first-order valence-electron chi connectivity index (χ1n) is 5.91. The lowest BCUT2D eigenvalue weighted by Gasteiger charge is -2.37. The van der Waals surface area contributed by atoms with Crippen LogP contribution in [0.4, 0.5) is 5.69 Å². The number of carbonyl (C=O) groups is 2. The minimum absolute atomic E-state index is 0.177. The van der Waals surface area contributed by atoms with Gasteiger partial charge in [-0.3, -0.25) is 9.59 Å². The van der Waals surface area contributed by atoms with Gasteiger partial charge in [-0.1, -0.05) is 12.5 Å². The predicted octanol–water partition coefficient (Wildman–Crippen LogP) is 1.25. The summed E-state index contributed by atoms with van der Waals surface area (Å²) in [6.45, 7) is 0.177. The molecule has 0 radical (unpaired) electrons. The van der Waals surface area contributed by atoms with Crippen molar-refractivity contribution in [3.63, 3.8) is 0 Å². The number of carboxylic acids is 1. The lowest BCUT2D eigenvalue weighted by molar-refractivity contribution is -0.153. The van der Waals surface area contributed by atoms with Crippen LogP contribution < -0.4 is 11.1 Å². The first-order chi connectivity index (χ1) is 8.53. The molecule has 4 N–H and O–H groups in total. The summed E-state index contributed by atoms with van der Waals surface area (Å²) in [6.07, 6.45) is 2.15. The number of amides is 1. The molecule has 0 heterocycles. The van der Waals surface area contributed by atoms with Crippen LogP contribution in [0.2, 0.25) is 0 Å². The minimum atomic E-state index is -0.832. The third-order valence-electron chi connectivity index (χ3n) is 3.50. The Morgan fingerprint density at radius 3 is 2.61 bits per heavy atom. The Hall–Kier alpha value is -2.04. The van der Waals surface area contributed by atoms with Gasteiger partial charge < -0.3 is 16.2 Å². The summed E-state index contributed by atoms with van der Waals surface area (Å²) >= 11 is 0. The number of hydrogen-bond acceptors (Lipinski definition) is 3. The number of anilines is 1. The molecule has 0 saturated heterocycles. The molecular formula is C13H16N2O3. The molecule has 0 bridgehead atoms. The highest BCUT2D eigenvalue weighted by atomic mass is 16.4. The highest BCUT2D eigenvalue weighted by molar-refractivity contribution is 5.95. The Morgan fingerprint density at radius 1 is 1.39 bits per heavy atom. The number of carboxylic acid groups (broad SMARTS) is 1. The zero-order chi connectivity index (χ0) is 13.2. The van der Waals surface area contributed by atoms with Crippen LogP contribution in [0.25, 0.3) is 0 Å². The van der Waals surface area contributed by atoms with Gasteiger partial charge in [-0.25, -0.2) is 0 Å². The Balaban J connectivity index is 1.98. The molecule has 0 spiro atoms. The van der Waals surface area contributed by atoms with Gasteiger partial charge in [0.15, 0.2) is 0 Å². The summed E-state index contributed by atoms with van der Waals surface area (Å²) in [5.74, 6) is -1.11. The van der Waals surface area contributed by atoms with Crippen LogP contribution in [0.1, 0.15) is 29.6 Å². The molecule has 0 aromatic heterocycles. The molecule has 0 atom stereocenters. The monoisotopic (exact) mass is 248 g/mol. The maximum absolute atomic E-state index is 11.8. The van der Waals surface area contributed by atoms with Crippen LogP contribution in [-0.2, 0) is 4.79 Å². The molecule has 1 fully saturated rings. The lowest BCUT2D eigenvalue weighted by atomic mass is 9.69. The third-order valence-corrected chi connectivity index (χ3v) is 3.50. The van der Waals surface area contributed by atoms with Crippen molar-refractivity contribution in [1.82, 2.24) is 5.32 Å². The van der Waals surface area contributed by atoms with E-state index in [4.69, 9.17) is 10.8 Å². The van der Waals surface area contributed by atoms with Crippen molar-refractivity contribution in [1.29, 1.82) is 0 Å². The molecule has 1 amide bonds. The molecular weight excluding hydrogens is 232 g/mol. The van der Waals surface area contributed by atoms with Gasteiger partial charge in [0.05, 0.1) is 5.41 Å². The fourth-order valence-electron chi connectivity index (χ4n) is 2.10. The zero-order valence-corrected chi connectivity index (χ0v) is 9.98. The number of benzene rings is 1. The van der Waals surface area contributed by atoms with Gasteiger partial charge in [0.1, 0.15) is 0 Å². The Kier molecular flexibility index (Phi) is 3.23. The average molecular weight is 248 g/mol. The van der Waals surface area contributed by atoms with Crippen molar-refractivity contribution in [3.8, 4) is 0 Å². The molecule has 18 heavy (non-hydrogen) atoms. The van der Waals surface area contributed by atoms with Crippen LogP contribution in [-0.4, -0.2) is 23.5 Å². The first kappa shape index (κ1) is 12.4.